The van der Waals surface area contributed by atoms with Gasteiger partial charge in [0.1, 0.15) is 5.75 Å². The first-order valence-electron chi connectivity index (χ1n) is 5.02. The molecule has 0 saturated heterocycles. The van der Waals surface area contributed by atoms with Gasteiger partial charge in [0, 0.05) is 6.20 Å². The lowest BCUT2D eigenvalue weighted by atomic mass is 10.2. The highest BCUT2D eigenvalue weighted by Crippen LogP contribution is 2.27. The van der Waals surface area contributed by atoms with E-state index < -0.39 is 5.97 Å². The van der Waals surface area contributed by atoms with Crippen molar-refractivity contribution < 1.29 is 14.6 Å². The Morgan fingerprint density at radius 1 is 1.39 bits per heavy atom. The molecule has 0 unspecified atom stereocenters. The zero-order chi connectivity index (χ0) is 13.1. The van der Waals surface area contributed by atoms with Gasteiger partial charge < -0.3 is 9.84 Å². The van der Waals surface area contributed by atoms with Crippen molar-refractivity contribution in [2.75, 3.05) is 7.11 Å². The molecule has 1 heterocycles. The van der Waals surface area contributed by atoms with Crippen LogP contribution in [-0.4, -0.2) is 28.2 Å². The summed E-state index contributed by atoms with van der Waals surface area (Å²) in [4.78, 5) is 19.1. The number of hydrogen-bond acceptors (Lipinski definition) is 4. The van der Waals surface area contributed by atoms with Crippen molar-refractivity contribution in [2.45, 2.75) is 0 Å². The second-order valence-electron chi connectivity index (χ2n) is 3.40. The maximum absolute atomic E-state index is 11.0. The van der Waals surface area contributed by atoms with Crippen LogP contribution in [-0.2, 0) is 0 Å². The molecule has 1 aromatic heterocycles. The lowest BCUT2D eigenvalue weighted by molar-refractivity contribution is 0.0689. The molecule has 0 aliphatic heterocycles. The first kappa shape index (κ1) is 12.5. The summed E-state index contributed by atoms with van der Waals surface area (Å²) in [6.45, 7) is 0. The van der Waals surface area contributed by atoms with Crippen molar-refractivity contribution in [3.8, 4) is 17.1 Å². The Morgan fingerprint density at radius 2 is 2.11 bits per heavy atom. The van der Waals surface area contributed by atoms with Gasteiger partial charge in [-0.2, -0.15) is 0 Å². The normalized spacial score (nSPS) is 10.1. The molecule has 5 nitrogen and oxygen atoms in total. The van der Waals surface area contributed by atoms with E-state index in [9.17, 15) is 4.79 Å². The molecule has 0 aliphatic rings. The molecule has 1 N–H and O–H groups in total. The number of halogens is 1. The molecule has 92 valence electrons. The van der Waals surface area contributed by atoms with E-state index in [2.05, 4.69) is 25.9 Å². The van der Waals surface area contributed by atoms with Gasteiger partial charge in [-0.25, -0.2) is 14.8 Å². The minimum atomic E-state index is -1.11. The number of aromatic nitrogens is 2. The third-order valence-electron chi connectivity index (χ3n) is 2.29. The van der Waals surface area contributed by atoms with Crippen molar-refractivity contribution >= 4 is 21.9 Å². The highest BCUT2D eigenvalue weighted by atomic mass is 79.9. The van der Waals surface area contributed by atoms with Crippen LogP contribution in [0.2, 0.25) is 0 Å². The van der Waals surface area contributed by atoms with E-state index in [0.717, 1.165) is 0 Å². The molecular formula is C12H9BrN2O3. The minimum absolute atomic E-state index is 0.0779. The molecule has 0 fully saturated rings. The maximum Gasteiger partial charge on any atom is 0.355 e. The van der Waals surface area contributed by atoms with Crippen LogP contribution in [0.3, 0.4) is 0 Å². The predicted molar refractivity (Wildman–Crippen MR) is 68.7 cm³/mol. The van der Waals surface area contributed by atoms with Crippen LogP contribution < -0.4 is 4.74 Å². The van der Waals surface area contributed by atoms with E-state index in [1.165, 1.54) is 13.3 Å². The quantitative estimate of drug-likeness (QED) is 0.943. The largest absolute Gasteiger partial charge is 0.496 e. The molecule has 0 radical (unpaired) electrons. The fourth-order valence-corrected chi connectivity index (χ4v) is 1.84. The summed E-state index contributed by atoms with van der Waals surface area (Å²) in [5.74, 6) is -0.204. The Kier molecular flexibility index (Phi) is 3.57. The van der Waals surface area contributed by atoms with Gasteiger partial charge in [-0.15, -0.1) is 0 Å². The van der Waals surface area contributed by atoms with Gasteiger partial charge >= 0.3 is 5.97 Å². The monoisotopic (exact) mass is 308 g/mol. The van der Waals surface area contributed by atoms with E-state index in [1.54, 1.807) is 12.1 Å². The number of carboxylic acid groups (broad SMARTS) is 1. The first-order valence-corrected chi connectivity index (χ1v) is 5.82. The summed E-state index contributed by atoms with van der Waals surface area (Å²) in [6.07, 6.45) is 1.41. The molecule has 0 atom stereocenters. The fraction of sp³-hybridized carbons (Fsp3) is 0.0833. The number of carbonyl (C=O) groups is 1. The number of carboxylic acids is 1. The van der Waals surface area contributed by atoms with Gasteiger partial charge in [0.25, 0.3) is 0 Å². The molecule has 0 aliphatic carbocycles. The molecule has 0 saturated carbocycles. The van der Waals surface area contributed by atoms with Crippen LogP contribution >= 0.6 is 15.9 Å². The zero-order valence-corrected chi connectivity index (χ0v) is 11.0. The number of nitrogens with zero attached hydrogens (tertiary/aromatic N) is 2. The fourth-order valence-electron chi connectivity index (χ4n) is 1.48. The summed E-state index contributed by atoms with van der Waals surface area (Å²) in [5, 5.41) is 9.01. The topological polar surface area (TPSA) is 72.3 Å². The van der Waals surface area contributed by atoms with Crippen molar-refractivity contribution in [3.63, 3.8) is 0 Å². The zero-order valence-electron chi connectivity index (χ0n) is 9.42. The Balaban J connectivity index is 2.58. The lowest BCUT2D eigenvalue weighted by Crippen LogP contribution is -2.04. The van der Waals surface area contributed by atoms with E-state index >= 15 is 0 Å². The summed E-state index contributed by atoms with van der Waals surface area (Å²) in [7, 11) is 1.54. The van der Waals surface area contributed by atoms with Gasteiger partial charge in [0.2, 0.25) is 0 Å². The van der Waals surface area contributed by atoms with E-state index in [0.29, 0.717) is 21.6 Å². The SMILES string of the molecule is COc1ccccc1-c1ncc(Br)c(C(=O)O)n1. The molecule has 6 heteroatoms. The number of benzene rings is 1. The molecule has 1 aromatic carbocycles. The number of rotatable bonds is 3. The van der Waals surface area contributed by atoms with E-state index in [1.807, 2.05) is 12.1 Å². The van der Waals surface area contributed by atoms with Crippen molar-refractivity contribution in [1.82, 2.24) is 9.97 Å². The Hall–Kier alpha value is -1.95. The number of methoxy groups -OCH3 is 1. The Labute approximate surface area is 112 Å². The predicted octanol–water partition coefficient (Wildman–Crippen LogP) is 2.61. The van der Waals surface area contributed by atoms with Crippen molar-refractivity contribution in [2.24, 2.45) is 0 Å². The van der Waals surface area contributed by atoms with Crippen LogP contribution in [0.15, 0.2) is 34.9 Å². The minimum Gasteiger partial charge on any atom is -0.496 e. The smallest absolute Gasteiger partial charge is 0.355 e. The average Bonchev–Trinajstić information content (AvgIpc) is 2.39. The molecule has 0 bridgehead atoms. The highest BCUT2D eigenvalue weighted by molar-refractivity contribution is 9.10. The molecule has 2 aromatic rings. The third kappa shape index (κ3) is 2.33. The summed E-state index contributed by atoms with van der Waals surface area (Å²) in [5.41, 5.74) is 0.570. The van der Waals surface area contributed by atoms with Gasteiger partial charge in [0.05, 0.1) is 17.1 Å². The number of para-hydroxylation sites is 1. The van der Waals surface area contributed by atoms with Crippen molar-refractivity contribution in [3.05, 3.63) is 40.6 Å². The van der Waals surface area contributed by atoms with Crippen LogP contribution in [0.4, 0.5) is 0 Å². The lowest BCUT2D eigenvalue weighted by Gasteiger charge is -2.07. The molecule has 0 amide bonds. The average molecular weight is 309 g/mol. The summed E-state index contributed by atoms with van der Waals surface area (Å²) >= 11 is 3.10. The molecular weight excluding hydrogens is 300 g/mol. The van der Waals surface area contributed by atoms with Crippen LogP contribution in [0.5, 0.6) is 5.75 Å². The number of ether oxygens (including phenoxy) is 1. The third-order valence-corrected chi connectivity index (χ3v) is 2.87. The van der Waals surface area contributed by atoms with Gasteiger partial charge in [-0.3, -0.25) is 0 Å². The second-order valence-corrected chi connectivity index (χ2v) is 4.25. The number of hydrogen-bond donors (Lipinski definition) is 1. The molecule has 0 spiro atoms. The van der Waals surface area contributed by atoms with E-state index in [4.69, 9.17) is 9.84 Å². The Morgan fingerprint density at radius 3 is 2.78 bits per heavy atom. The maximum atomic E-state index is 11.0. The summed E-state index contributed by atoms with van der Waals surface area (Å²) < 4.78 is 5.53. The molecule has 18 heavy (non-hydrogen) atoms. The van der Waals surface area contributed by atoms with Crippen molar-refractivity contribution in [1.29, 1.82) is 0 Å². The van der Waals surface area contributed by atoms with Crippen LogP contribution in [0, 0.1) is 0 Å². The van der Waals surface area contributed by atoms with E-state index in [-0.39, 0.29) is 5.69 Å². The number of aromatic carboxylic acids is 1. The van der Waals surface area contributed by atoms with Crippen LogP contribution in [0.1, 0.15) is 10.5 Å². The van der Waals surface area contributed by atoms with Crippen LogP contribution in [0.25, 0.3) is 11.4 Å². The second kappa shape index (κ2) is 5.14. The van der Waals surface area contributed by atoms with Gasteiger partial charge in [-0.05, 0) is 28.1 Å². The highest BCUT2D eigenvalue weighted by Gasteiger charge is 2.15. The standard InChI is InChI=1S/C12H9BrN2O3/c1-18-9-5-3-2-4-7(9)11-14-6-8(13)10(15-11)12(16)17/h2-6H,1H3,(H,16,17). The van der Waals surface area contributed by atoms with Gasteiger partial charge in [-0.1, -0.05) is 12.1 Å². The molecule has 2 rings (SSSR count). The first-order chi connectivity index (χ1) is 8.63. The summed E-state index contributed by atoms with van der Waals surface area (Å²) in [6, 6.07) is 7.16. The Bertz CT molecular complexity index is 602. The van der Waals surface area contributed by atoms with Gasteiger partial charge in [0.15, 0.2) is 11.5 Å².